The summed E-state index contributed by atoms with van der Waals surface area (Å²) in [6, 6.07) is 0. The Bertz CT molecular complexity index is 575. The first-order valence-electron chi connectivity index (χ1n) is 8.12. The molecule has 1 aliphatic heterocycles. The summed E-state index contributed by atoms with van der Waals surface area (Å²) in [6.45, 7) is 9.01. The molecule has 0 atom stereocenters. The van der Waals surface area contributed by atoms with Gasteiger partial charge in [0.1, 0.15) is 5.00 Å². The van der Waals surface area contributed by atoms with E-state index < -0.39 is 5.97 Å². The predicted molar refractivity (Wildman–Crippen MR) is 93.2 cm³/mol. The zero-order chi connectivity index (χ0) is 17.0. The summed E-state index contributed by atoms with van der Waals surface area (Å²) in [4.78, 5) is 27.5. The van der Waals surface area contributed by atoms with Gasteiger partial charge in [-0.05, 0) is 51.3 Å². The van der Waals surface area contributed by atoms with E-state index in [4.69, 9.17) is 4.74 Å². The Labute approximate surface area is 142 Å². The molecule has 128 valence electrons. The molecule has 1 saturated heterocycles. The van der Waals surface area contributed by atoms with Gasteiger partial charge in [0.25, 0.3) is 0 Å². The highest BCUT2D eigenvalue weighted by molar-refractivity contribution is 7.16. The van der Waals surface area contributed by atoms with Gasteiger partial charge in [-0.3, -0.25) is 4.79 Å². The van der Waals surface area contributed by atoms with E-state index in [1.807, 2.05) is 13.8 Å². The smallest absolute Gasteiger partial charge is 0.341 e. The van der Waals surface area contributed by atoms with Crippen molar-refractivity contribution in [1.82, 2.24) is 4.90 Å². The Kier molecular flexibility index (Phi) is 6.18. The number of likely N-dealkylation sites (tertiary alicyclic amines) is 1. The molecule has 2 heterocycles. The van der Waals surface area contributed by atoms with Gasteiger partial charge in [0.15, 0.2) is 0 Å². The number of aryl methyl sites for hydroxylation is 1. The lowest BCUT2D eigenvalue weighted by Gasteiger charge is -2.29. The number of hydrogen-bond acceptors (Lipinski definition) is 5. The molecule has 0 saturated carbocycles. The fourth-order valence-electron chi connectivity index (χ4n) is 2.80. The van der Waals surface area contributed by atoms with Crippen molar-refractivity contribution in [2.45, 2.75) is 40.0 Å². The van der Waals surface area contributed by atoms with Crippen LogP contribution in [0.4, 0.5) is 5.00 Å². The fraction of sp³-hybridized carbons (Fsp3) is 0.647. The zero-order valence-corrected chi connectivity index (χ0v) is 15.2. The molecule has 5 nitrogen and oxygen atoms in total. The summed E-state index contributed by atoms with van der Waals surface area (Å²) in [5.41, 5.74) is 1.36. The van der Waals surface area contributed by atoms with Crippen molar-refractivity contribution in [2.24, 2.45) is 5.92 Å². The quantitative estimate of drug-likeness (QED) is 0.838. The number of thiophene rings is 1. The number of ether oxygens (including phenoxy) is 1. The van der Waals surface area contributed by atoms with Crippen LogP contribution in [0.5, 0.6) is 0 Å². The molecule has 1 aliphatic rings. The summed E-state index contributed by atoms with van der Waals surface area (Å²) in [5, 5.41) is 3.49. The zero-order valence-electron chi connectivity index (χ0n) is 14.4. The minimum absolute atomic E-state index is 0.0463. The third-order valence-electron chi connectivity index (χ3n) is 4.56. The summed E-state index contributed by atoms with van der Waals surface area (Å²) in [6.07, 6.45) is 2.86. The van der Waals surface area contributed by atoms with Crippen LogP contribution in [0.25, 0.3) is 0 Å². The normalized spacial score (nSPS) is 16.3. The van der Waals surface area contributed by atoms with Gasteiger partial charge in [0, 0.05) is 17.8 Å². The minimum atomic E-state index is -0.396. The Balaban J connectivity index is 1.93. The maximum absolute atomic E-state index is 12.2. The Morgan fingerprint density at radius 2 is 1.96 bits per heavy atom. The number of rotatable bonds is 5. The topological polar surface area (TPSA) is 58.6 Å². The standard InChI is InChI=1S/C17H26N2O3S/c1-11-5-8-19(9-6-11)10-7-14(20)18-16-15(17(21)22-4)12(2)13(3)23-16/h11H,5-10H2,1-4H3,(H,18,20). The average Bonchev–Trinajstić information content (AvgIpc) is 2.80. The maximum Gasteiger partial charge on any atom is 0.341 e. The number of methoxy groups -OCH3 is 1. The van der Waals surface area contributed by atoms with E-state index in [2.05, 4.69) is 17.1 Å². The van der Waals surface area contributed by atoms with Gasteiger partial charge in [0.05, 0.1) is 12.7 Å². The largest absolute Gasteiger partial charge is 0.465 e. The molecule has 2 rings (SSSR count). The van der Waals surface area contributed by atoms with Crippen LogP contribution < -0.4 is 5.32 Å². The molecule has 0 aromatic carbocycles. The molecule has 0 radical (unpaired) electrons. The van der Waals surface area contributed by atoms with Gasteiger partial charge in [-0.25, -0.2) is 4.79 Å². The van der Waals surface area contributed by atoms with Crippen LogP contribution >= 0.6 is 11.3 Å². The second kappa shape index (κ2) is 7.93. The van der Waals surface area contributed by atoms with Gasteiger partial charge in [-0.1, -0.05) is 6.92 Å². The lowest BCUT2D eigenvalue weighted by Crippen LogP contribution is -2.35. The molecule has 1 aromatic heterocycles. The Hall–Kier alpha value is -1.40. The molecular weight excluding hydrogens is 312 g/mol. The number of carbonyl (C=O) groups is 2. The summed E-state index contributed by atoms with van der Waals surface area (Å²) in [5.74, 6) is 0.349. The van der Waals surface area contributed by atoms with Crippen molar-refractivity contribution in [3.05, 3.63) is 16.0 Å². The molecule has 0 bridgehead atoms. The van der Waals surface area contributed by atoms with Gasteiger partial charge >= 0.3 is 5.97 Å². The SMILES string of the molecule is COC(=O)c1c(NC(=O)CCN2CCC(C)CC2)sc(C)c1C. The number of anilines is 1. The number of carbonyl (C=O) groups excluding carboxylic acids is 2. The van der Waals surface area contributed by atoms with Gasteiger partial charge in [-0.2, -0.15) is 0 Å². The summed E-state index contributed by atoms with van der Waals surface area (Å²) in [7, 11) is 1.36. The van der Waals surface area contributed by atoms with Crippen LogP contribution in [-0.2, 0) is 9.53 Å². The fourth-order valence-corrected chi connectivity index (χ4v) is 3.86. The average molecular weight is 338 g/mol. The third kappa shape index (κ3) is 4.54. The van der Waals surface area contributed by atoms with Crippen molar-refractivity contribution in [2.75, 3.05) is 32.1 Å². The second-order valence-electron chi connectivity index (χ2n) is 6.30. The minimum Gasteiger partial charge on any atom is -0.465 e. The second-order valence-corrected chi connectivity index (χ2v) is 7.53. The maximum atomic E-state index is 12.2. The number of esters is 1. The van der Waals surface area contributed by atoms with Crippen LogP contribution in [0.1, 0.15) is 47.0 Å². The first-order chi connectivity index (χ1) is 10.9. The highest BCUT2D eigenvalue weighted by atomic mass is 32.1. The van der Waals surface area contributed by atoms with Crippen molar-refractivity contribution in [1.29, 1.82) is 0 Å². The van der Waals surface area contributed by atoms with Crippen LogP contribution in [-0.4, -0.2) is 43.5 Å². The van der Waals surface area contributed by atoms with E-state index in [0.717, 1.165) is 36.0 Å². The van der Waals surface area contributed by atoms with E-state index in [1.165, 1.54) is 31.3 Å². The van der Waals surface area contributed by atoms with Crippen molar-refractivity contribution in [3.63, 3.8) is 0 Å². The molecule has 1 amide bonds. The molecule has 1 fully saturated rings. The molecule has 6 heteroatoms. The monoisotopic (exact) mass is 338 g/mol. The van der Waals surface area contributed by atoms with E-state index >= 15 is 0 Å². The van der Waals surface area contributed by atoms with E-state index in [0.29, 0.717) is 17.0 Å². The summed E-state index contributed by atoms with van der Waals surface area (Å²) >= 11 is 1.43. The lowest BCUT2D eigenvalue weighted by atomic mass is 9.99. The van der Waals surface area contributed by atoms with Crippen LogP contribution in [0.2, 0.25) is 0 Å². The van der Waals surface area contributed by atoms with E-state index in [9.17, 15) is 9.59 Å². The van der Waals surface area contributed by atoms with Gasteiger partial charge < -0.3 is 15.0 Å². The molecule has 0 unspecified atom stereocenters. The number of amides is 1. The Morgan fingerprint density at radius 1 is 1.30 bits per heavy atom. The molecule has 1 aromatic rings. The van der Waals surface area contributed by atoms with Gasteiger partial charge in [-0.15, -0.1) is 11.3 Å². The molecule has 0 aliphatic carbocycles. The predicted octanol–water partition coefficient (Wildman–Crippen LogP) is 3.21. The van der Waals surface area contributed by atoms with E-state index in [1.54, 1.807) is 0 Å². The van der Waals surface area contributed by atoms with Crippen molar-refractivity contribution in [3.8, 4) is 0 Å². The summed E-state index contributed by atoms with van der Waals surface area (Å²) < 4.78 is 4.83. The van der Waals surface area contributed by atoms with E-state index in [-0.39, 0.29) is 5.91 Å². The molecular formula is C17H26N2O3S. The highest BCUT2D eigenvalue weighted by Crippen LogP contribution is 2.33. The molecule has 0 spiro atoms. The number of piperidine rings is 1. The number of nitrogens with one attached hydrogen (secondary N) is 1. The van der Waals surface area contributed by atoms with Crippen molar-refractivity contribution >= 4 is 28.2 Å². The number of nitrogens with zero attached hydrogens (tertiary/aromatic N) is 1. The molecule has 23 heavy (non-hydrogen) atoms. The first kappa shape index (κ1) is 17.9. The Morgan fingerprint density at radius 3 is 2.57 bits per heavy atom. The highest BCUT2D eigenvalue weighted by Gasteiger charge is 2.22. The van der Waals surface area contributed by atoms with Gasteiger partial charge in [0.2, 0.25) is 5.91 Å². The lowest BCUT2D eigenvalue weighted by molar-refractivity contribution is -0.116. The van der Waals surface area contributed by atoms with Crippen LogP contribution in [0.15, 0.2) is 0 Å². The van der Waals surface area contributed by atoms with Crippen LogP contribution in [0, 0.1) is 19.8 Å². The first-order valence-corrected chi connectivity index (χ1v) is 8.94. The number of hydrogen-bond donors (Lipinski definition) is 1. The molecule has 1 N–H and O–H groups in total. The van der Waals surface area contributed by atoms with Crippen molar-refractivity contribution < 1.29 is 14.3 Å². The third-order valence-corrected chi connectivity index (χ3v) is 5.68. The van der Waals surface area contributed by atoms with Crippen LogP contribution in [0.3, 0.4) is 0 Å².